The summed E-state index contributed by atoms with van der Waals surface area (Å²) in [6.07, 6.45) is 15.5. The van der Waals surface area contributed by atoms with Crippen molar-refractivity contribution in [3.05, 3.63) is 29.8 Å². The van der Waals surface area contributed by atoms with Crippen LogP contribution in [0.3, 0.4) is 0 Å². The fourth-order valence-corrected chi connectivity index (χ4v) is 6.92. The lowest BCUT2D eigenvalue weighted by atomic mass is 9.77. The Kier molecular flexibility index (Phi) is 13.6. The lowest BCUT2D eigenvalue weighted by Crippen LogP contribution is -2.29. The minimum atomic E-state index is -1.60. The molecule has 0 heterocycles. The maximum atomic E-state index is 6.01. The summed E-state index contributed by atoms with van der Waals surface area (Å²) < 4.78 is 18.0. The van der Waals surface area contributed by atoms with Gasteiger partial charge in [-0.05, 0) is 95.4 Å². The Hall–Kier alpha value is -0.843. The highest BCUT2D eigenvalue weighted by atomic mass is 28.3. The highest BCUT2D eigenvalue weighted by molar-refractivity contribution is 6.44. The van der Waals surface area contributed by atoms with Gasteiger partial charge in [-0.25, -0.2) is 0 Å². The average Bonchev–Trinajstić information content (AvgIpc) is 2.76. The van der Waals surface area contributed by atoms with Gasteiger partial charge in [0.05, 0.1) is 6.61 Å². The molecule has 1 aliphatic rings. The van der Waals surface area contributed by atoms with Crippen LogP contribution in [0.5, 0.6) is 5.75 Å². The van der Waals surface area contributed by atoms with E-state index in [9.17, 15) is 0 Å². The lowest BCUT2D eigenvalue weighted by molar-refractivity contribution is 0.128. The molecule has 1 saturated carbocycles. The Balaban J connectivity index is 1.65. The Morgan fingerprint density at radius 1 is 0.812 bits per heavy atom. The minimum Gasteiger partial charge on any atom is -0.494 e. The third-order valence-electron chi connectivity index (χ3n) is 6.61. The number of rotatable bonds is 16. The zero-order valence-corrected chi connectivity index (χ0v) is 22.8. The first-order valence-corrected chi connectivity index (χ1v) is 15.3. The van der Waals surface area contributed by atoms with Crippen LogP contribution in [0, 0.1) is 5.92 Å². The first kappa shape index (κ1) is 27.4. The molecule has 0 radical (unpaired) electrons. The summed E-state index contributed by atoms with van der Waals surface area (Å²) in [5.41, 5.74) is 1.50. The highest BCUT2D eigenvalue weighted by Gasteiger charge is 2.22. The minimum absolute atomic E-state index is 0.236. The van der Waals surface area contributed by atoms with Gasteiger partial charge in [0, 0.05) is 12.2 Å². The van der Waals surface area contributed by atoms with Crippen LogP contribution < -0.4 is 4.74 Å². The molecule has 0 aromatic heterocycles. The van der Waals surface area contributed by atoms with Crippen LogP contribution in [-0.2, 0) is 8.85 Å². The van der Waals surface area contributed by atoms with Crippen molar-refractivity contribution in [2.45, 2.75) is 129 Å². The maximum absolute atomic E-state index is 6.01. The predicted molar refractivity (Wildman–Crippen MR) is 139 cm³/mol. The van der Waals surface area contributed by atoms with E-state index in [1.54, 1.807) is 0 Å². The van der Waals surface area contributed by atoms with E-state index >= 15 is 0 Å². The first-order valence-electron chi connectivity index (χ1n) is 13.5. The van der Waals surface area contributed by atoms with Gasteiger partial charge in [0.15, 0.2) is 0 Å². The molecule has 1 aromatic rings. The highest BCUT2D eigenvalue weighted by Crippen LogP contribution is 2.38. The largest absolute Gasteiger partial charge is 0.494 e. The van der Waals surface area contributed by atoms with Crippen molar-refractivity contribution in [3.8, 4) is 5.75 Å². The quantitative estimate of drug-likeness (QED) is 0.183. The van der Waals surface area contributed by atoms with Crippen molar-refractivity contribution in [2.24, 2.45) is 5.92 Å². The number of hydrogen-bond acceptors (Lipinski definition) is 3. The van der Waals surface area contributed by atoms with Gasteiger partial charge >= 0.3 is 9.28 Å². The van der Waals surface area contributed by atoms with Crippen molar-refractivity contribution in [3.63, 3.8) is 0 Å². The molecule has 0 aliphatic heterocycles. The Bertz CT molecular complexity index is 569. The molecule has 0 atom stereocenters. The van der Waals surface area contributed by atoms with Gasteiger partial charge in [-0.2, -0.15) is 0 Å². The standard InChI is InChI=1S/C28H50O3Si/c1-6-7-8-9-10-12-25-13-15-26(16-14-25)27-17-19-28(20-18-27)29-21-11-22-32(30-23(2)3)31-24(4)5/h17-20,23-26,32H,6-16,21-22H2,1-5H3. The SMILES string of the molecule is CCCCCCCC1CCC(c2ccc(OCCC[SiH](OC(C)C)OC(C)C)cc2)CC1. The maximum Gasteiger partial charge on any atom is 0.321 e. The molecular formula is C28H50O3Si. The van der Waals surface area contributed by atoms with E-state index in [1.165, 1.54) is 69.8 Å². The number of benzene rings is 1. The van der Waals surface area contributed by atoms with Gasteiger partial charge in [-0.15, -0.1) is 0 Å². The molecular weight excluding hydrogens is 412 g/mol. The van der Waals surface area contributed by atoms with Crippen molar-refractivity contribution >= 4 is 9.28 Å². The van der Waals surface area contributed by atoms with Crippen LogP contribution in [0.15, 0.2) is 24.3 Å². The molecule has 1 aliphatic carbocycles. The van der Waals surface area contributed by atoms with Crippen LogP contribution >= 0.6 is 0 Å². The number of ether oxygens (including phenoxy) is 1. The Labute approximate surface area is 200 Å². The molecule has 1 aromatic carbocycles. The Morgan fingerprint density at radius 3 is 2.03 bits per heavy atom. The second-order valence-electron chi connectivity index (χ2n) is 10.3. The number of hydrogen-bond donors (Lipinski definition) is 0. The van der Waals surface area contributed by atoms with Crippen molar-refractivity contribution in [1.82, 2.24) is 0 Å². The molecule has 0 spiro atoms. The zero-order chi connectivity index (χ0) is 23.2. The van der Waals surface area contributed by atoms with Crippen LogP contribution in [-0.4, -0.2) is 28.1 Å². The van der Waals surface area contributed by atoms with Gasteiger partial charge < -0.3 is 13.6 Å². The fourth-order valence-electron chi connectivity index (χ4n) is 4.87. The van der Waals surface area contributed by atoms with E-state index in [0.29, 0.717) is 0 Å². The molecule has 1 fully saturated rings. The normalized spacial score (nSPS) is 19.2. The first-order chi connectivity index (χ1) is 15.5. The van der Waals surface area contributed by atoms with E-state index < -0.39 is 9.28 Å². The van der Waals surface area contributed by atoms with E-state index in [-0.39, 0.29) is 12.2 Å². The van der Waals surface area contributed by atoms with Gasteiger partial charge in [0.1, 0.15) is 5.75 Å². The molecule has 4 heteroatoms. The molecule has 0 saturated heterocycles. The van der Waals surface area contributed by atoms with Crippen molar-refractivity contribution in [1.29, 1.82) is 0 Å². The molecule has 32 heavy (non-hydrogen) atoms. The van der Waals surface area contributed by atoms with Gasteiger partial charge in [-0.1, -0.05) is 57.6 Å². The van der Waals surface area contributed by atoms with Crippen LogP contribution in [0.25, 0.3) is 0 Å². The lowest BCUT2D eigenvalue weighted by Gasteiger charge is -2.29. The summed E-state index contributed by atoms with van der Waals surface area (Å²) in [5, 5.41) is 0. The van der Waals surface area contributed by atoms with Gasteiger partial charge in [-0.3, -0.25) is 0 Å². The molecule has 0 unspecified atom stereocenters. The molecule has 0 amide bonds. The second kappa shape index (κ2) is 15.9. The van der Waals surface area contributed by atoms with Crippen molar-refractivity contribution in [2.75, 3.05) is 6.61 Å². The molecule has 184 valence electrons. The average molecular weight is 463 g/mol. The molecule has 0 N–H and O–H groups in total. The molecule has 2 rings (SSSR count). The van der Waals surface area contributed by atoms with Gasteiger partial charge in [0.2, 0.25) is 0 Å². The zero-order valence-electron chi connectivity index (χ0n) is 21.6. The predicted octanol–water partition coefficient (Wildman–Crippen LogP) is 8.16. The van der Waals surface area contributed by atoms with Gasteiger partial charge in [0.25, 0.3) is 0 Å². The molecule has 0 bridgehead atoms. The summed E-state index contributed by atoms with van der Waals surface area (Å²) in [6, 6.07) is 9.92. The topological polar surface area (TPSA) is 27.7 Å². The Morgan fingerprint density at radius 2 is 1.44 bits per heavy atom. The van der Waals surface area contributed by atoms with Crippen molar-refractivity contribution < 1.29 is 13.6 Å². The van der Waals surface area contributed by atoms with E-state index in [2.05, 4.69) is 58.9 Å². The third-order valence-corrected chi connectivity index (χ3v) is 9.19. The second-order valence-corrected chi connectivity index (χ2v) is 12.3. The summed E-state index contributed by atoms with van der Waals surface area (Å²) in [4.78, 5) is 0. The van der Waals surface area contributed by atoms with E-state index in [4.69, 9.17) is 13.6 Å². The number of unbranched alkanes of at least 4 members (excludes halogenated alkanes) is 4. The van der Waals surface area contributed by atoms with E-state index in [0.717, 1.165) is 36.7 Å². The van der Waals surface area contributed by atoms with Crippen LogP contribution in [0.4, 0.5) is 0 Å². The van der Waals surface area contributed by atoms with Crippen LogP contribution in [0.1, 0.15) is 117 Å². The van der Waals surface area contributed by atoms with E-state index in [1.807, 2.05) is 0 Å². The summed E-state index contributed by atoms with van der Waals surface area (Å²) in [7, 11) is -1.60. The van der Waals surface area contributed by atoms with Crippen LogP contribution in [0.2, 0.25) is 6.04 Å². The fraction of sp³-hybridized carbons (Fsp3) is 0.786. The summed E-state index contributed by atoms with van der Waals surface area (Å²) in [6.45, 7) is 11.4. The summed E-state index contributed by atoms with van der Waals surface area (Å²) in [5.74, 6) is 2.71. The molecule has 3 nitrogen and oxygen atoms in total. The smallest absolute Gasteiger partial charge is 0.321 e. The monoisotopic (exact) mass is 462 g/mol. The third kappa shape index (κ3) is 11.3. The summed E-state index contributed by atoms with van der Waals surface area (Å²) >= 11 is 0.